The van der Waals surface area contributed by atoms with Crippen molar-refractivity contribution in [3.05, 3.63) is 29.3 Å². The summed E-state index contributed by atoms with van der Waals surface area (Å²) in [4.78, 5) is 25.2. The number of rotatable bonds is 7. The van der Waals surface area contributed by atoms with Crippen molar-refractivity contribution in [3.8, 4) is 0 Å². The number of aliphatic carboxylic acids is 1. The van der Waals surface area contributed by atoms with Gasteiger partial charge in [-0.25, -0.2) is 0 Å². The fraction of sp³-hybridized carbons (Fsp3) is 0.500. The third-order valence-corrected chi connectivity index (χ3v) is 3.42. The molecule has 0 aliphatic rings. The van der Waals surface area contributed by atoms with E-state index in [-0.39, 0.29) is 12.3 Å². The molecule has 0 heterocycles. The molecule has 0 radical (unpaired) electrons. The molecular formula is C16H24N2O3. The van der Waals surface area contributed by atoms with Crippen LogP contribution in [0.3, 0.4) is 0 Å². The summed E-state index contributed by atoms with van der Waals surface area (Å²) < 4.78 is 0. The average Bonchev–Trinajstić information content (AvgIpc) is 2.37. The van der Waals surface area contributed by atoms with Crippen molar-refractivity contribution in [2.75, 3.05) is 18.4 Å². The first-order valence-corrected chi connectivity index (χ1v) is 7.22. The van der Waals surface area contributed by atoms with Crippen LogP contribution < -0.4 is 5.32 Å². The minimum absolute atomic E-state index is 0.0516. The zero-order valence-electron chi connectivity index (χ0n) is 13.1. The van der Waals surface area contributed by atoms with Crippen LogP contribution in [-0.2, 0) is 9.59 Å². The normalized spacial score (nSPS) is 12.2. The Balaban J connectivity index is 2.76. The highest BCUT2D eigenvalue weighted by Crippen LogP contribution is 2.15. The van der Waals surface area contributed by atoms with Crippen LogP contribution in [0.25, 0.3) is 0 Å². The maximum Gasteiger partial charge on any atom is 0.321 e. The van der Waals surface area contributed by atoms with Crippen LogP contribution in [0, 0.1) is 13.8 Å². The average molecular weight is 292 g/mol. The lowest BCUT2D eigenvalue weighted by Gasteiger charge is -2.25. The molecule has 0 spiro atoms. The van der Waals surface area contributed by atoms with Crippen LogP contribution in [0.1, 0.15) is 31.4 Å². The summed E-state index contributed by atoms with van der Waals surface area (Å²) >= 11 is 0. The zero-order valence-corrected chi connectivity index (χ0v) is 13.1. The number of anilines is 1. The molecule has 21 heavy (non-hydrogen) atoms. The molecule has 0 saturated carbocycles. The molecule has 0 aromatic heterocycles. The quantitative estimate of drug-likeness (QED) is 0.810. The minimum atomic E-state index is -0.964. The van der Waals surface area contributed by atoms with E-state index in [1.54, 1.807) is 4.90 Å². The van der Waals surface area contributed by atoms with Crippen LogP contribution in [0.5, 0.6) is 0 Å². The molecule has 5 nitrogen and oxygen atoms in total. The van der Waals surface area contributed by atoms with E-state index in [1.807, 2.05) is 45.9 Å². The second-order valence-electron chi connectivity index (χ2n) is 5.20. The Morgan fingerprint density at radius 1 is 1.14 bits per heavy atom. The Hall–Kier alpha value is -1.88. The number of benzene rings is 1. The van der Waals surface area contributed by atoms with Gasteiger partial charge in [-0.1, -0.05) is 19.9 Å². The summed E-state index contributed by atoms with van der Waals surface area (Å²) in [5, 5.41) is 12.1. The first-order valence-electron chi connectivity index (χ1n) is 7.22. The van der Waals surface area contributed by atoms with Crippen molar-refractivity contribution in [1.29, 1.82) is 0 Å². The second kappa shape index (κ2) is 7.78. The van der Waals surface area contributed by atoms with Crippen LogP contribution in [0.4, 0.5) is 5.69 Å². The van der Waals surface area contributed by atoms with Gasteiger partial charge in [0.2, 0.25) is 5.91 Å². The minimum Gasteiger partial charge on any atom is -0.480 e. The summed E-state index contributed by atoms with van der Waals surface area (Å²) in [6.45, 7) is 8.90. The van der Waals surface area contributed by atoms with Gasteiger partial charge in [-0.05, 0) is 50.2 Å². The van der Waals surface area contributed by atoms with Crippen LogP contribution in [-0.4, -0.2) is 41.0 Å². The molecule has 0 fully saturated rings. The highest BCUT2D eigenvalue weighted by atomic mass is 16.4. The topological polar surface area (TPSA) is 69.6 Å². The van der Waals surface area contributed by atoms with Gasteiger partial charge in [0, 0.05) is 5.69 Å². The Morgan fingerprint density at radius 3 is 2.10 bits per heavy atom. The summed E-state index contributed by atoms with van der Waals surface area (Å²) in [7, 11) is 0. The van der Waals surface area contributed by atoms with Crippen LogP contribution in [0.2, 0.25) is 0 Å². The molecule has 1 aromatic rings. The molecule has 0 aliphatic heterocycles. The number of carboxylic acids is 1. The predicted molar refractivity (Wildman–Crippen MR) is 83.5 cm³/mol. The van der Waals surface area contributed by atoms with Gasteiger partial charge in [0.25, 0.3) is 0 Å². The van der Waals surface area contributed by atoms with Crippen molar-refractivity contribution in [2.45, 2.75) is 40.2 Å². The van der Waals surface area contributed by atoms with E-state index < -0.39 is 12.0 Å². The maximum absolute atomic E-state index is 12.1. The number of hydrogen-bond donors (Lipinski definition) is 2. The van der Waals surface area contributed by atoms with E-state index in [9.17, 15) is 14.7 Å². The Bertz CT molecular complexity index is 490. The number of aryl methyl sites for hydroxylation is 2. The Kier molecular flexibility index (Phi) is 6.37. The largest absolute Gasteiger partial charge is 0.480 e. The smallest absolute Gasteiger partial charge is 0.321 e. The lowest BCUT2D eigenvalue weighted by Crippen LogP contribution is -2.43. The van der Waals surface area contributed by atoms with E-state index in [0.29, 0.717) is 18.8 Å². The third-order valence-electron chi connectivity index (χ3n) is 3.42. The number of carbonyl (C=O) groups excluding carboxylic acids is 1. The SMILES string of the molecule is CCN(CC)C(CC(=O)Nc1cc(C)cc(C)c1)C(=O)O. The lowest BCUT2D eigenvalue weighted by atomic mass is 10.1. The summed E-state index contributed by atoms with van der Waals surface area (Å²) in [5.74, 6) is -1.24. The van der Waals surface area contributed by atoms with Gasteiger partial charge in [0.05, 0.1) is 6.42 Å². The van der Waals surface area contributed by atoms with Gasteiger partial charge in [-0.15, -0.1) is 0 Å². The fourth-order valence-electron chi connectivity index (χ4n) is 2.47. The Morgan fingerprint density at radius 2 is 1.67 bits per heavy atom. The van der Waals surface area contributed by atoms with Gasteiger partial charge in [-0.3, -0.25) is 14.5 Å². The van der Waals surface area contributed by atoms with E-state index in [2.05, 4.69) is 5.32 Å². The molecule has 1 rings (SSSR count). The summed E-state index contributed by atoms with van der Waals surface area (Å²) in [6, 6.07) is 4.98. The molecule has 2 N–H and O–H groups in total. The van der Waals surface area contributed by atoms with Crippen LogP contribution in [0.15, 0.2) is 18.2 Å². The summed E-state index contributed by atoms with van der Waals surface area (Å²) in [6.07, 6.45) is -0.0516. The molecule has 1 atom stereocenters. The molecule has 1 aromatic carbocycles. The predicted octanol–water partition coefficient (Wildman–Crippen LogP) is 2.43. The monoisotopic (exact) mass is 292 g/mol. The maximum atomic E-state index is 12.1. The van der Waals surface area contributed by atoms with E-state index >= 15 is 0 Å². The van der Waals surface area contributed by atoms with Crippen molar-refractivity contribution in [3.63, 3.8) is 0 Å². The van der Waals surface area contributed by atoms with Gasteiger partial charge >= 0.3 is 5.97 Å². The van der Waals surface area contributed by atoms with Gasteiger partial charge in [-0.2, -0.15) is 0 Å². The number of nitrogens with zero attached hydrogens (tertiary/aromatic N) is 1. The molecule has 0 bridgehead atoms. The molecule has 0 aliphatic carbocycles. The number of carboxylic acid groups (broad SMARTS) is 1. The summed E-state index contributed by atoms with van der Waals surface area (Å²) in [5.41, 5.74) is 2.83. The highest BCUT2D eigenvalue weighted by molar-refractivity contribution is 5.94. The van der Waals surface area contributed by atoms with Gasteiger partial charge < -0.3 is 10.4 Å². The number of likely N-dealkylation sites (N-methyl/N-ethyl adjacent to an activating group) is 1. The molecule has 1 unspecified atom stereocenters. The first kappa shape index (κ1) is 17.2. The first-order chi connectivity index (χ1) is 9.87. The van der Waals surface area contributed by atoms with E-state index in [1.165, 1.54) is 0 Å². The fourth-order valence-corrected chi connectivity index (χ4v) is 2.47. The highest BCUT2D eigenvalue weighted by Gasteiger charge is 2.26. The van der Waals surface area contributed by atoms with Crippen LogP contribution >= 0.6 is 0 Å². The van der Waals surface area contributed by atoms with Crippen molar-refractivity contribution >= 4 is 17.6 Å². The van der Waals surface area contributed by atoms with Crippen molar-refractivity contribution in [2.24, 2.45) is 0 Å². The van der Waals surface area contributed by atoms with Gasteiger partial charge in [0.1, 0.15) is 6.04 Å². The molecule has 0 saturated heterocycles. The number of carbonyl (C=O) groups is 2. The third kappa shape index (κ3) is 5.19. The van der Waals surface area contributed by atoms with Crippen molar-refractivity contribution in [1.82, 2.24) is 4.90 Å². The molecule has 5 heteroatoms. The molecule has 116 valence electrons. The molecule has 1 amide bonds. The number of amides is 1. The number of hydrogen-bond acceptors (Lipinski definition) is 3. The zero-order chi connectivity index (χ0) is 16.0. The lowest BCUT2D eigenvalue weighted by molar-refractivity contribution is -0.145. The van der Waals surface area contributed by atoms with E-state index in [0.717, 1.165) is 11.1 Å². The second-order valence-corrected chi connectivity index (χ2v) is 5.20. The van der Waals surface area contributed by atoms with E-state index in [4.69, 9.17) is 0 Å². The Labute approximate surface area is 126 Å². The van der Waals surface area contributed by atoms with Crippen molar-refractivity contribution < 1.29 is 14.7 Å². The standard InChI is InChI=1S/C16H24N2O3/c1-5-18(6-2)14(16(20)21)10-15(19)17-13-8-11(3)7-12(4)9-13/h7-9,14H,5-6,10H2,1-4H3,(H,17,19)(H,20,21). The molecular weight excluding hydrogens is 268 g/mol. The van der Waals surface area contributed by atoms with Gasteiger partial charge in [0.15, 0.2) is 0 Å². The number of nitrogens with one attached hydrogen (secondary N) is 1.